The van der Waals surface area contributed by atoms with Crippen molar-refractivity contribution >= 4 is 39.6 Å². The van der Waals surface area contributed by atoms with Crippen LogP contribution in [0, 0.1) is 17.1 Å². The van der Waals surface area contributed by atoms with Gasteiger partial charge in [0.2, 0.25) is 0 Å². The largest absolute Gasteiger partial charge is 0.323 e. The topological polar surface area (TPSA) is 64.9 Å². The van der Waals surface area contributed by atoms with Crippen molar-refractivity contribution in [3.63, 3.8) is 0 Å². The minimum Gasteiger partial charge on any atom is -0.323 e. The van der Waals surface area contributed by atoms with Crippen molar-refractivity contribution in [2.45, 2.75) is 25.7 Å². The fourth-order valence-corrected chi connectivity index (χ4v) is 4.23. The summed E-state index contributed by atoms with van der Waals surface area (Å²) in [5.41, 5.74) is 1.60. The Bertz CT molecular complexity index is 854. The number of fused-ring (bicyclic) bond motifs is 1. The molecule has 2 N–H and O–H groups in total. The summed E-state index contributed by atoms with van der Waals surface area (Å²) in [6, 6.07) is 7.91. The van der Waals surface area contributed by atoms with Gasteiger partial charge in [-0.2, -0.15) is 5.26 Å². The molecule has 0 aliphatic heterocycles. The number of thiophene rings is 1. The van der Waals surface area contributed by atoms with Crippen molar-refractivity contribution in [3.05, 3.63) is 51.7 Å². The smallest absolute Gasteiger partial charge is 0.260 e. The first-order valence-electron chi connectivity index (χ1n) is 7.51. The highest BCUT2D eigenvalue weighted by atomic mass is 32.1. The van der Waals surface area contributed by atoms with Crippen molar-refractivity contribution in [2.24, 2.45) is 0 Å². The van der Waals surface area contributed by atoms with E-state index in [0.717, 1.165) is 31.2 Å². The van der Waals surface area contributed by atoms with Crippen LogP contribution in [0.15, 0.2) is 24.3 Å². The van der Waals surface area contributed by atoms with Crippen LogP contribution >= 0.6 is 23.6 Å². The summed E-state index contributed by atoms with van der Waals surface area (Å²) in [6.07, 6.45) is 4.05. The molecule has 1 aromatic carbocycles. The number of carbonyl (C=O) groups is 1. The van der Waals surface area contributed by atoms with Crippen LogP contribution < -0.4 is 10.6 Å². The fraction of sp³-hybridized carbons (Fsp3) is 0.235. The lowest BCUT2D eigenvalue weighted by Gasteiger charge is -2.10. The number of halogens is 1. The Morgan fingerprint density at radius 2 is 2.04 bits per heavy atom. The van der Waals surface area contributed by atoms with Gasteiger partial charge in [-0.3, -0.25) is 10.1 Å². The molecule has 4 nitrogen and oxygen atoms in total. The van der Waals surface area contributed by atoms with Gasteiger partial charge in [0.1, 0.15) is 16.9 Å². The second-order valence-corrected chi connectivity index (χ2v) is 6.93. The summed E-state index contributed by atoms with van der Waals surface area (Å²) in [5, 5.41) is 15.5. The molecule has 1 aliphatic rings. The Morgan fingerprint density at radius 1 is 1.29 bits per heavy atom. The van der Waals surface area contributed by atoms with E-state index in [1.165, 1.54) is 34.4 Å². The van der Waals surface area contributed by atoms with Gasteiger partial charge in [-0.05, 0) is 55.6 Å². The average molecular weight is 359 g/mol. The molecule has 0 unspecified atom stereocenters. The number of thiocarbonyl (C=S) groups is 1. The molecule has 24 heavy (non-hydrogen) atoms. The second-order valence-electron chi connectivity index (χ2n) is 5.41. The van der Waals surface area contributed by atoms with Gasteiger partial charge in [0.25, 0.3) is 5.91 Å². The molecule has 0 radical (unpaired) electrons. The van der Waals surface area contributed by atoms with E-state index in [1.54, 1.807) is 6.07 Å². The second kappa shape index (κ2) is 7.07. The van der Waals surface area contributed by atoms with E-state index in [2.05, 4.69) is 16.7 Å². The number of amides is 1. The van der Waals surface area contributed by atoms with E-state index in [0.29, 0.717) is 10.6 Å². The van der Waals surface area contributed by atoms with Crippen LogP contribution in [0.25, 0.3) is 0 Å². The molecule has 1 aliphatic carbocycles. The Labute approximate surface area is 148 Å². The molecule has 2 aromatic rings. The third-order valence-electron chi connectivity index (χ3n) is 3.86. The van der Waals surface area contributed by atoms with Crippen molar-refractivity contribution in [1.82, 2.24) is 5.32 Å². The summed E-state index contributed by atoms with van der Waals surface area (Å²) in [4.78, 5) is 13.3. The highest BCUT2D eigenvalue weighted by Gasteiger charge is 2.21. The monoisotopic (exact) mass is 359 g/mol. The van der Waals surface area contributed by atoms with Gasteiger partial charge in [-0.1, -0.05) is 12.1 Å². The summed E-state index contributed by atoms with van der Waals surface area (Å²) < 4.78 is 13.6. The summed E-state index contributed by atoms with van der Waals surface area (Å²) in [5.74, 6) is -1.23. The Kier molecular flexibility index (Phi) is 4.88. The molecule has 0 spiro atoms. The van der Waals surface area contributed by atoms with Crippen LogP contribution in [0.3, 0.4) is 0 Å². The standard InChI is InChI=1S/C17H14FN3OS2/c18-13-7-3-1-6-11(13)15(22)20-17(23)21-16-12(9-19)10-5-2-4-8-14(10)24-16/h1,3,6-7H,2,4-5,8H2,(H2,20,21,22,23). The number of hydrogen-bond donors (Lipinski definition) is 2. The number of aryl methyl sites for hydroxylation is 1. The maximum Gasteiger partial charge on any atom is 0.260 e. The van der Waals surface area contributed by atoms with Gasteiger partial charge in [-0.25, -0.2) is 4.39 Å². The SMILES string of the molecule is N#Cc1c(NC(=S)NC(=O)c2ccccc2F)sc2c1CCCC2. The van der Waals surface area contributed by atoms with Gasteiger partial charge in [-0.15, -0.1) is 11.3 Å². The highest BCUT2D eigenvalue weighted by molar-refractivity contribution is 7.80. The first-order valence-corrected chi connectivity index (χ1v) is 8.74. The maximum absolute atomic E-state index is 13.6. The van der Waals surface area contributed by atoms with Gasteiger partial charge < -0.3 is 5.32 Å². The first-order chi connectivity index (χ1) is 11.6. The van der Waals surface area contributed by atoms with Crippen molar-refractivity contribution < 1.29 is 9.18 Å². The third-order valence-corrected chi connectivity index (χ3v) is 5.27. The summed E-state index contributed by atoms with van der Waals surface area (Å²) in [6.45, 7) is 0. The normalized spacial score (nSPS) is 12.8. The van der Waals surface area contributed by atoms with Gasteiger partial charge >= 0.3 is 0 Å². The number of nitrogens with one attached hydrogen (secondary N) is 2. The molecule has 7 heteroatoms. The fourth-order valence-electron chi connectivity index (χ4n) is 2.72. The van der Waals surface area contributed by atoms with Gasteiger partial charge in [0.05, 0.1) is 11.1 Å². The third kappa shape index (κ3) is 3.30. The lowest BCUT2D eigenvalue weighted by atomic mass is 9.96. The van der Waals surface area contributed by atoms with Gasteiger partial charge in [0.15, 0.2) is 5.11 Å². The number of hydrogen-bond acceptors (Lipinski definition) is 4. The molecule has 0 saturated carbocycles. The maximum atomic E-state index is 13.6. The van der Waals surface area contributed by atoms with E-state index < -0.39 is 11.7 Å². The van der Waals surface area contributed by atoms with Crippen molar-refractivity contribution in [3.8, 4) is 6.07 Å². The van der Waals surface area contributed by atoms with Crippen LogP contribution in [0.4, 0.5) is 9.39 Å². The molecule has 1 amide bonds. The van der Waals surface area contributed by atoms with Gasteiger partial charge in [0, 0.05) is 4.88 Å². The van der Waals surface area contributed by atoms with E-state index in [4.69, 9.17) is 12.2 Å². The molecule has 3 rings (SSSR count). The van der Waals surface area contributed by atoms with Crippen LogP contribution in [0.2, 0.25) is 0 Å². The number of anilines is 1. The molecule has 122 valence electrons. The van der Waals surface area contributed by atoms with Crippen LogP contribution in [0.1, 0.15) is 39.2 Å². The Balaban J connectivity index is 1.74. The zero-order chi connectivity index (χ0) is 17.1. The number of rotatable bonds is 2. The molecule has 0 fully saturated rings. The zero-order valence-electron chi connectivity index (χ0n) is 12.7. The molecular formula is C17H14FN3OS2. The van der Waals surface area contributed by atoms with Crippen LogP contribution in [0.5, 0.6) is 0 Å². The lowest BCUT2D eigenvalue weighted by Crippen LogP contribution is -2.34. The minimum atomic E-state index is -0.620. The van der Waals surface area contributed by atoms with Crippen LogP contribution in [-0.4, -0.2) is 11.0 Å². The van der Waals surface area contributed by atoms with E-state index >= 15 is 0 Å². The predicted octanol–water partition coefficient (Wildman–Crippen LogP) is 3.76. The molecule has 1 aromatic heterocycles. The quantitative estimate of drug-likeness (QED) is 0.801. The van der Waals surface area contributed by atoms with E-state index in [-0.39, 0.29) is 10.7 Å². The summed E-state index contributed by atoms with van der Waals surface area (Å²) in [7, 11) is 0. The van der Waals surface area contributed by atoms with Crippen molar-refractivity contribution in [1.29, 1.82) is 5.26 Å². The van der Waals surface area contributed by atoms with Crippen molar-refractivity contribution in [2.75, 3.05) is 5.32 Å². The molecule has 0 atom stereocenters. The minimum absolute atomic E-state index is 0.0540. The molecular weight excluding hydrogens is 345 g/mol. The number of nitriles is 1. The average Bonchev–Trinajstić information content (AvgIpc) is 2.91. The lowest BCUT2D eigenvalue weighted by molar-refractivity contribution is 0.0974. The summed E-state index contributed by atoms with van der Waals surface area (Å²) >= 11 is 6.63. The van der Waals surface area contributed by atoms with E-state index in [1.807, 2.05) is 0 Å². The predicted molar refractivity (Wildman–Crippen MR) is 95.8 cm³/mol. The number of carbonyl (C=O) groups excluding carboxylic acids is 1. The molecule has 0 bridgehead atoms. The Morgan fingerprint density at radius 3 is 2.79 bits per heavy atom. The zero-order valence-corrected chi connectivity index (χ0v) is 14.3. The highest BCUT2D eigenvalue weighted by Crippen LogP contribution is 2.37. The van der Waals surface area contributed by atoms with Crippen LogP contribution in [-0.2, 0) is 12.8 Å². The first kappa shape index (κ1) is 16.6. The van der Waals surface area contributed by atoms with E-state index in [9.17, 15) is 14.4 Å². The number of benzene rings is 1. The number of nitrogens with zero attached hydrogens (tertiary/aromatic N) is 1. The molecule has 0 saturated heterocycles. The molecule has 1 heterocycles. The Hall–Kier alpha value is -2.30.